The molecule has 0 aromatic heterocycles. The average molecular weight is 303 g/mol. The van der Waals surface area contributed by atoms with Gasteiger partial charge in [-0.05, 0) is 18.6 Å². The number of benzene rings is 1. The van der Waals surface area contributed by atoms with Gasteiger partial charge in [0.1, 0.15) is 6.04 Å². The maximum Gasteiger partial charge on any atom is 0.320 e. The van der Waals surface area contributed by atoms with E-state index in [-0.39, 0.29) is 5.69 Å². The molecule has 0 saturated carbocycles. The number of hydrogen-bond acceptors (Lipinski definition) is 4. The first-order chi connectivity index (χ1) is 7.91. The molecule has 0 aliphatic rings. The lowest BCUT2D eigenvalue weighted by atomic mass is 10.2. The number of carboxylic acid groups (broad SMARTS) is 1. The molecular formula is C10H11BrN2O4. The fourth-order valence-corrected chi connectivity index (χ4v) is 1.65. The van der Waals surface area contributed by atoms with E-state index in [4.69, 9.17) is 5.11 Å². The van der Waals surface area contributed by atoms with Crippen LogP contribution in [0.1, 0.15) is 12.5 Å². The third-order valence-corrected chi connectivity index (χ3v) is 2.95. The lowest BCUT2D eigenvalue weighted by Crippen LogP contribution is -2.33. The second-order valence-corrected chi connectivity index (χ2v) is 4.33. The molecule has 0 fully saturated rings. The lowest BCUT2D eigenvalue weighted by Gasteiger charge is -2.10. The van der Waals surface area contributed by atoms with Gasteiger partial charge in [-0.25, -0.2) is 0 Å². The second-order valence-electron chi connectivity index (χ2n) is 3.47. The van der Waals surface area contributed by atoms with Crippen LogP contribution in [0.25, 0.3) is 0 Å². The Bertz CT molecular complexity index is 450. The average Bonchev–Trinajstić information content (AvgIpc) is 2.26. The molecule has 17 heavy (non-hydrogen) atoms. The van der Waals surface area contributed by atoms with Gasteiger partial charge in [-0.3, -0.25) is 14.9 Å². The molecule has 1 rings (SSSR count). The minimum Gasteiger partial charge on any atom is -0.480 e. The van der Waals surface area contributed by atoms with Gasteiger partial charge in [-0.15, -0.1) is 0 Å². The number of non-ortho nitro benzene ring substituents is 1. The number of carbonyl (C=O) groups is 1. The molecule has 0 amide bonds. The predicted octanol–water partition coefficient (Wildman–Crippen LogP) is 1.92. The fourth-order valence-electron chi connectivity index (χ4n) is 1.14. The van der Waals surface area contributed by atoms with Gasteiger partial charge in [-0.2, -0.15) is 0 Å². The maximum absolute atomic E-state index is 10.6. The summed E-state index contributed by atoms with van der Waals surface area (Å²) in [7, 11) is 0. The molecule has 0 spiro atoms. The highest BCUT2D eigenvalue weighted by atomic mass is 79.9. The number of halogens is 1. The van der Waals surface area contributed by atoms with Crippen molar-refractivity contribution in [3.05, 3.63) is 38.3 Å². The third kappa shape index (κ3) is 3.79. The topological polar surface area (TPSA) is 92.5 Å². The van der Waals surface area contributed by atoms with E-state index in [1.807, 2.05) is 0 Å². The number of rotatable bonds is 5. The van der Waals surface area contributed by atoms with Crippen LogP contribution in [0.2, 0.25) is 0 Å². The Hall–Kier alpha value is -1.47. The summed E-state index contributed by atoms with van der Waals surface area (Å²) >= 11 is 3.21. The highest BCUT2D eigenvalue weighted by molar-refractivity contribution is 9.10. The van der Waals surface area contributed by atoms with Crippen molar-refractivity contribution in [2.75, 3.05) is 0 Å². The van der Waals surface area contributed by atoms with E-state index in [1.165, 1.54) is 19.1 Å². The number of carboxylic acids is 1. The molecule has 0 heterocycles. The molecule has 0 aliphatic carbocycles. The van der Waals surface area contributed by atoms with E-state index in [0.29, 0.717) is 11.0 Å². The summed E-state index contributed by atoms with van der Waals surface area (Å²) in [5, 5.41) is 22.0. The van der Waals surface area contributed by atoms with Gasteiger partial charge in [-0.1, -0.05) is 15.9 Å². The molecule has 0 radical (unpaired) electrons. The highest BCUT2D eigenvalue weighted by Gasteiger charge is 2.12. The zero-order valence-electron chi connectivity index (χ0n) is 9.01. The number of hydrogen-bond donors (Lipinski definition) is 2. The first-order valence-electron chi connectivity index (χ1n) is 4.81. The van der Waals surface area contributed by atoms with Crippen LogP contribution < -0.4 is 5.32 Å². The van der Waals surface area contributed by atoms with Crippen LogP contribution in [0.5, 0.6) is 0 Å². The monoisotopic (exact) mass is 302 g/mol. The SMILES string of the molecule is C[C@@H](NCc1ccc([N+](=O)[O-])cc1Br)C(=O)O. The van der Waals surface area contributed by atoms with Gasteiger partial charge in [0.2, 0.25) is 0 Å². The molecule has 1 aromatic rings. The van der Waals surface area contributed by atoms with Crippen LogP contribution in [0.15, 0.2) is 22.7 Å². The Balaban J connectivity index is 2.73. The van der Waals surface area contributed by atoms with Crippen molar-refractivity contribution in [1.82, 2.24) is 5.32 Å². The minimum absolute atomic E-state index is 0.00749. The van der Waals surface area contributed by atoms with Gasteiger partial charge in [0.15, 0.2) is 0 Å². The van der Waals surface area contributed by atoms with Crippen molar-refractivity contribution >= 4 is 27.6 Å². The Morgan fingerprint density at radius 2 is 2.29 bits per heavy atom. The summed E-state index contributed by atoms with van der Waals surface area (Å²) in [6, 6.07) is 3.69. The first-order valence-corrected chi connectivity index (χ1v) is 5.60. The van der Waals surface area contributed by atoms with E-state index < -0.39 is 16.9 Å². The summed E-state index contributed by atoms with van der Waals surface area (Å²) in [4.78, 5) is 20.6. The highest BCUT2D eigenvalue weighted by Crippen LogP contribution is 2.22. The first kappa shape index (κ1) is 13.6. The molecule has 0 saturated heterocycles. The van der Waals surface area contributed by atoms with Gasteiger partial charge >= 0.3 is 5.97 Å². The molecular weight excluding hydrogens is 292 g/mol. The molecule has 92 valence electrons. The van der Waals surface area contributed by atoms with E-state index in [0.717, 1.165) is 5.56 Å². The summed E-state index contributed by atoms with van der Waals surface area (Å²) in [6.07, 6.45) is 0. The summed E-state index contributed by atoms with van der Waals surface area (Å²) < 4.78 is 0.580. The number of aliphatic carboxylic acids is 1. The zero-order chi connectivity index (χ0) is 13.0. The zero-order valence-corrected chi connectivity index (χ0v) is 10.6. The number of nitrogens with one attached hydrogen (secondary N) is 1. The molecule has 0 bridgehead atoms. The van der Waals surface area contributed by atoms with E-state index in [2.05, 4.69) is 21.2 Å². The number of nitro benzene ring substituents is 1. The molecule has 0 unspecified atom stereocenters. The summed E-state index contributed by atoms with van der Waals surface area (Å²) in [6.45, 7) is 1.85. The van der Waals surface area contributed by atoms with Crippen LogP contribution in [-0.2, 0) is 11.3 Å². The molecule has 6 nitrogen and oxygen atoms in total. The van der Waals surface area contributed by atoms with Crippen LogP contribution in [0, 0.1) is 10.1 Å². The summed E-state index contributed by atoms with van der Waals surface area (Å²) in [5.74, 6) is -0.942. The Morgan fingerprint density at radius 3 is 2.76 bits per heavy atom. The van der Waals surface area contributed by atoms with Gasteiger partial charge in [0.25, 0.3) is 5.69 Å². The molecule has 1 aromatic carbocycles. The Kier molecular flexibility index (Phi) is 4.59. The van der Waals surface area contributed by atoms with Gasteiger partial charge in [0, 0.05) is 23.2 Å². The van der Waals surface area contributed by atoms with Crippen LogP contribution >= 0.6 is 15.9 Å². The molecule has 7 heteroatoms. The van der Waals surface area contributed by atoms with Crippen molar-refractivity contribution in [3.63, 3.8) is 0 Å². The van der Waals surface area contributed by atoms with Crippen molar-refractivity contribution in [2.24, 2.45) is 0 Å². The van der Waals surface area contributed by atoms with Crippen molar-refractivity contribution < 1.29 is 14.8 Å². The van der Waals surface area contributed by atoms with Gasteiger partial charge < -0.3 is 10.4 Å². The molecule has 0 aliphatic heterocycles. The van der Waals surface area contributed by atoms with Crippen molar-refractivity contribution in [3.8, 4) is 0 Å². The smallest absolute Gasteiger partial charge is 0.320 e. The normalized spacial score (nSPS) is 12.1. The minimum atomic E-state index is -0.942. The van der Waals surface area contributed by atoms with Gasteiger partial charge in [0.05, 0.1) is 4.92 Å². The maximum atomic E-state index is 10.6. The molecule has 2 N–H and O–H groups in total. The second kappa shape index (κ2) is 5.74. The van der Waals surface area contributed by atoms with Crippen LogP contribution in [-0.4, -0.2) is 22.0 Å². The Morgan fingerprint density at radius 1 is 1.65 bits per heavy atom. The Labute approximate surface area is 106 Å². The standard InChI is InChI=1S/C10H11BrN2O4/c1-6(10(14)15)12-5-7-2-3-8(13(16)17)4-9(7)11/h2-4,6,12H,5H2,1H3,(H,14,15)/t6-/m1/s1. The van der Waals surface area contributed by atoms with E-state index in [9.17, 15) is 14.9 Å². The van der Waals surface area contributed by atoms with Crippen LogP contribution in [0.4, 0.5) is 5.69 Å². The van der Waals surface area contributed by atoms with Crippen molar-refractivity contribution in [1.29, 1.82) is 0 Å². The quantitative estimate of drug-likeness (QED) is 0.640. The fraction of sp³-hybridized carbons (Fsp3) is 0.300. The number of nitro groups is 1. The third-order valence-electron chi connectivity index (χ3n) is 2.22. The number of nitrogens with zero attached hydrogens (tertiary/aromatic N) is 1. The van der Waals surface area contributed by atoms with Crippen molar-refractivity contribution in [2.45, 2.75) is 19.5 Å². The largest absolute Gasteiger partial charge is 0.480 e. The van der Waals surface area contributed by atoms with E-state index >= 15 is 0 Å². The summed E-state index contributed by atoms with van der Waals surface area (Å²) in [5.41, 5.74) is 0.760. The molecule has 1 atom stereocenters. The van der Waals surface area contributed by atoms with Crippen LogP contribution in [0.3, 0.4) is 0 Å². The predicted molar refractivity (Wildman–Crippen MR) is 64.7 cm³/mol. The van der Waals surface area contributed by atoms with E-state index in [1.54, 1.807) is 6.07 Å². The lowest BCUT2D eigenvalue weighted by molar-refractivity contribution is -0.384.